The number of guanidine groups is 1. The van der Waals surface area contributed by atoms with Crippen molar-refractivity contribution in [2.45, 2.75) is 59.1 Å². The average molecular weight is 382 g/mol. The number of likely N-dealkylation sites (tertiary alicyclic amines) is 1. The molecular formula is C18H31N5O2S. The first-order chi connectivity index (χ1) is 12.3. The molecule has 1 saturated heterocycles. The first-order valence-corrected chi connectivity index (χ1v) is 10.1. The number of thiazole rings is 1. The van der Waals surface area contributed by atoms with Crippen molar-refractivity contribution >= 4 is 23.4 Å². The van der Waals surface area contributed by atoms with Crippen molar-refractivity contribution in [2.75, 3.05) is 26.2 Å². The first kappa shape index (κ1) is 20.5. The van der Waals surface area contributed by atoms with Crippen LogP contribution in [0.5, 0.6) is 0 Å². The molecule has 0 bridgehead atoms. The van der Waals surface area contributed by atoms with Gasteiger partial charge in [0.15, 0.2) is 5.96 Å². The van der Waals surface area contributed by atoms with Gasteiger partial charge < -0.3 is 20.3 Å². The summed E-state index contributed by atoms with van der Waals surface area (Å²) in [5.41, 5.74) is 0.616. The van der Waals surface area contributed by atoms with Gasteiger partial charge in [-0.3, -0.25) is 4.99 Å². The molecule has 8 heteroatoms. The van der Waals surface area contributed by atoms with Crippen LogP contribution in [0.1, 0.15) is 44.8 Å². The maximum atomic E-state index is 11.9. The lowest BCUT2D eigenvalue weighted by atomic mass is 10.2. The third-order valence-corrected chi connectivity index (χ3v) is 4.66. The molecule has 0 saturated carbocycles. The normalized spacial score (nSPS) is 18.1. The van der Waals surface area contributed by atoms with Gasteiger partial charge in [0.05, 0.1) is 16.7 Å². The largest absolute Gasteiger partial charge is 0.444 e. The fraction of sp³-hybridized carbons (Fsp3) is 0.722. The van der Waals surface area contributed by atoms with Gasteiger partial charge in [0.2, 0.25) is 0 Å². The van der Waals surface area contributed by atoms with E-state index in [9.17, 15) is 4.79 Å². The van der Waals surface area contributed by atoms with Crippen molar-refractivity contribution in [2.24, 2.45) is 4.99 Å². The lowest BCUT2D eigenvalue weighted by Gasteiger charge is -2.23. The number of amides is 1. The van der Waals surface area contributed by atoms with Gasteiger partial charge in [-0.1, -0.05) is 0 Å². The van der Waals surface area contributed by atoms with E-state index >= 15 is 0 Å². The van der Waals surface area contributed by atoms with Gasteiger partial charge in [-0.25, -0.2) is 9.78 Å². The Bertz CT molecular complexity index is 623. The van der Waals surface area contributed by atoms with Crippen LogP contribution in [-0.2, 0) is 11.2 Å². The third-order valence-electron chi connectivity index (χ3n) is 3.84. The predicted molar refractivity (Wildman–Crippen MR) is 106 cm³/mol. The monoisotopic (exact) mass is 381 g/mol. The van der Waals surface area contributed by atoms with Crippen LogP contribution in [-0.4, -0.2) is 59.8 Å². The summed E-state index contributed by atoms with van der Waals surface area (Å²) in [5.74, 6) is 0.896. The minimum absolute atomic E-state index is 0.0786. The molecule has 2 N–H and O–H groups in total. The number of alkyl carbamates (subject to hydrolysis) is 1. The Labute approximate surface area is 160 Å². The van der Waals surface area contributed by atoms with Crippen LogP contribution in [0.2, 0.25) is 0 Å². The van der Waals surface area contributed by atoms with E-state index in [1.165, 1.54) is 0 Å². The van der Waals surface area contributed by atoms with E-state index in [1.54, 1.807) is 11.3 Å². The Morgan fingerprint density at radius 2 is 2.27 bits per heavy atom. The molecular weight excluding hydrogens is 350 g/mol. The molecule has 1 atom stereocenters. The van der Waals surface area contributed by atoms with Crippen LogP contribution >= 0.6 is 11.3 Å². The molecule has 1 unspecified atom stereocenters. The number of nitrogens with zero attached hydrogens (tertiary/aromatic N) is 3. The number of rotatable bonds is 5. The highest BCUT2D eigenvalue weighted by atomic mass is 32.1. The minimum Gasteiger partial charge on any atom is -0.444 e. The van der Waals surface area contributed by atoms with Gasteiger partial charge in [0.1, 0.15) is 5.60 Å². The van der Waals surface area contributed by atoms with E-state index in [0.29, 0.717) is 6.54 Å². The van der Waals surface area contributed by atoms with E-state index in [1.807, 2.05) is 27.7 Å². The molecule has 146 valence electrons. The number of hydrogen-bond acceptors (Lipinski definition) is 5. The number of nitrogens with one attached hydrogen (secondary N) is 2. The SMILES string of the molecule is CCNC(=NCCc1csc(C)n1)N1CCC(NC(=O)OC(C)(C)C)C1. The Morgan fingerprint density at radius 1 is 1.50 bits per heavy atom. The van der Waals surface area contributed by atoms with Gasteiger partial charge in [0, 0.05) is 38.0 Å². The van der Waals surface area contributed by atoms with E-state index in [2.05, 4.69) is 32.8 Å². The summed E-state index contributed by atoms with van der Waals surface area (Å²) in [6.07, 6.45) is 1.37. The molecule has 1 aliphatic rings. The van der Waals surface area contributed by atoms with Gasteiger partial charge >= 0.3 is 6.09 Å². The third kappa shape index (κ3) is 6.82. The minimum atomic E-state index is -0.479. The van der Waals surface area contributed by atoms with Gasteiger partial charge in [-0.05, 0) is 41.0 Å². The molecule has 26 heavy (non-hydrogen) atoms. The number of ether oxygens (including phenoxy) is 1. The number of carbonyl (C=O) groups excluding carboxylic acids is 1. The zero-order valence-corrected chi connectivity index (χ0v) is 17.3. The average Bonchev–Trinajstić information content (AvgIpc) is 3.13. The van der Waals surface area contributed by atoms with Crippen LogP contribution < -0.4 is 10.6 Å². The molecule has 1 aromatic rings. The molecule has 2 heterocycles. The summed E-state index contributed by atoms with van der Waals surface area (Å²) in [4.78, 5) is 23.3. The maximum absolute atomic E-state index is 11.9. The Hall–Kier alpha value is -1.83. The zero-order chi connectivity index (χ0) is 19.2. The quantitative estimate of drug-likeness (QED) is 0.605. The molecule has 0 aliphatic carbocycles. The second-order valence-electron chi connectivity index (χ2n) is 7.42. The van der Waals surface area contributed by atoms with Gasteiger partial charge in [-0.15, -0.1) is 11.3 Å². The Kier molecular flexibility index (Phi) is 7.25. The van der Waals surface area contributed by atoms with Crippen molar-refractivity contribution in [3.8, 4) is 0 Å². The molecule has 1 aliphatic heterocycles. The molecule has 7 nitrogen and oxygen atoms in total. The van der Waals surface area contributed by atoms with E-state index in [0.717, 1.165) is 49.1 Å². The number of aliphatic imine (C=N–C) groups is 1. The van der Waals surface area contributed by atoms with E-state index in [4.69, 9.17) is 9.73 Å². The van der Waals surface area contributed by atoms with Crippen LogP contribution in [0.25, 0.3) is 0 Å². The molecule has 0 radical (unpaired) electrons. The van der Waals surface area contributed by atoms with Crippen LogP contribution in [0.15, 0.2) is 10.4 Å². The smallest absolute Gasteiger partial charge is 0.407 e. The summed E-state index contributed by atoms with van der Waals surface area (Å²) in [7, 11) is 0. The van der Waals surface area contributed by atoms with Crippen LogP contribution in [0, 0.1) is 6.92 Å². The Morgan fingerprint density at radius 3 is 2.88 bits per heavy atom. The number of hydrogen-bond donors (Lipinski definition) is 2. The molecule has 1 fully saturated rings. The summed E-state index contributed by atoms with van der Waals surface area (Å²) in [6.45, 7) is 12.8. The van der Waals surface area contributed by atoms with E-state index in [-0.39, 0.29) is 12.1 Å². The fourth-order valence-electron chi connectivity index (χ4n) is 2.77. The second kappa shape index (κ2) is 9.21. The number of aromatic nitrogens is 1. The number of aryl methyl sites for hydroxylation is 1. The highest BCUT2D eigenvalue weighted by Crippen LogP contribution is 2.13. The molecule has 1 aromatic heterocycles. The maximum Gasteiger partial charge on any atom is 0.407 e. The highest BCUT2D eigenvalue weighted by molar-refractivity contribution is 7.09. The molecule has 0 spiro atoms. The Balaban J connectivity index is 1.85. The van der Waals surface area contributed by atoms with Gasteiger partial charge in [-0.2, -0.15) is 0 Å². The van der Waals surface area contributed by atoms with Crippen molar-refractivity contribution in [1.29, 1.82) is 0 Å². The molecule has 2 rings (SSSR count). The topological polar surface area (TPSA) is 78.9 Å². The summed E-state index contributed by atoms with van der Waals surface area (Å²) < 4.78 is 5.34. The summed E-state index contributed by atoms with van der Waals surface area (Å²) >= 11 is 1.67. The lowest BCUT2D eigenvalue weighted by Crippen LogP contribution is -2.44. The standard InChI is InChI=1S/C18H31N5O2S/c1-6-19-16(20-9-7-15-12-26-13(2)21-15)23-10-8-14(11-23)22-17(24)25-18(3,4)5/h12,14H,6-11H2,1-5H3,(H,19,20)(H,22,24). The van der Waals surface area contributed by atoms with Gasteiger partial charge in [0.25, 0.3) is 0 Å². The van der Waals surface area contributed by atoms with Crippen molar-refractivity contribution in [1.82, 2.24) is 20.5 Å². The lowest BCUT2D eigenvalue weighted by molar-refractivity contribution is 0.0507. The highest BCUT2D eigenvalue weighted by Gasteiger charge is 2.27. The van der Waals surface area contributed by atoms with Crippen LogP contribution in [0.3, 0.4) is 0 Å². The molecule has 0 aromatic carbocycles. The second-order valence-corrected chi connectivity index (χ2v) is 8.48. The van der Waals surface area contributed by atoms with Crippen molar-refractivity contribution in [3.05, 3.63) is 16.1 Å². The van der Waals surface area contributed by atoms with Crippen molar-refractivity contribution < 1.29 is 9.53 Å². The predicted octanol–water partition coefficient (Wildman–Crippen LogP) is 2.56. The fourth-order valence-corrected chi connectivity index (χ4v) is 3.42. The number of carbonyl (C=O) groups is 1. The van der Waals surface area contributed by atoms with Crippen molar-refractivity contribution in [3.63, 3.8) is 0 Å². The summed E-state index contributed by atoms with van der Waals surface area (Å²) in [5, 5.41) is 9.48. The molecule has 1 amide bonds. The first-order valence-electron chi connectivity index (χ1n) is 9.20. The van der Waals surface area contributed by atoms with E-state index < -0.39 is 5.60 Å². The van der Waals surface area contributed by atoms with Crippen LogP contribution in [0.4, 0.5) is 4.79 Å². The zero-order valence-electron chi connectivity index (χ0n) is 16.5. The summed E-state index contributed by atoms with van der Waals surface area (Å²) in [6, 6.07) is 0.0786.